The number of carbonyl (C=O) groups excluding carboxylic acids is 2. The summed E-state index contributed by atoms with van der Waals surface area (Å²) in [6.07, 6.45) is 37.9. The maximum atomic E-state index is 13.5. The van der Waals surface area contributed by atoms with E-state index in [1.165, 1.54) is 244 Å². The number of ether oxygens (including phenoxy) is 6. The highest BCUT2D eigenvalue weighted by Crippen LogP contribution is 2.39. The van der Waals surface area contributed by atoms with Gasteiger partial charge in [0.2, 0.25) is 11.8 Å². The number of hydrogen-bond donors (Lipinski definition) is 14. The first-order chi connectivity index (χ1) is 50.4. The Morgan fingerprint density at radius 1 is 0.500 bits per heavy atom. The molecule has 0 aromatic heterocycles. The number of carbonyl (C=O) groups is 3. The first kappa shape index (κ1) is 95.4. The van der Waals surface area contributed by atoms with Crippen LogP contribution in [-0.4, -0.2) is 215 Å². The molecule has 0 aromatic rings. The number of aliphatic carboxylic acids is 1. The van der Waals surface area contributed by atoms with Crippen molar-refractivity contribution in [3.63, 3.8) is 0 Å². The van der Waals surface area contributed by atoms with Gasteiger partial charge in [0.25, 0.3) is 5.79 Å². The van der Waals surface area contributed by atoms with E-state index in [-0.39, 0.29) is 12.3 Å². The van der Waals surface area contributed by atoms with Gasteiger partial charge in [-0.25, -0.2) is 4.79 Å². The molecule has 3 rings (SSSR count). The lowest BCUT2D eigenvalue weighted by molar-refractivity contribution is -0.386. The van der Waals surface area contributed by atoms with Gasteiger partial charge in [-0.1, -0.05) is 295 Å². The van der Waals surface area contributed by atoms with E-state index in [1.54, 1.807) is 6.08 Å². The van der Waals surface area contributed by atoms with Crippen LogP contribution in [0.2, 0.25) is 0 Å². The molecular formula is C81H150N2O21. The Balaban J connectivity index is 1.48. The second-order valence-electron chi connectivity index (χ2n) is 30.3. The van der Waals surface area contributed by atoms with Crippen molar-refractivity contribution >= 4 is 17.8 Å². The van der Waals surface area contributed by atoms with E-state index in [0.29, 0.717) is 12.8 Å². The van der Waals surface area contributed by atoms with Crippen LogP contribution in [0.15, 0.2) is 24.3 Å². The molecule has 14 N–H and O–H groups in total. The van der Waals surface area contributed by atoms with Crippen LogP contribution in [-0.2, 0) is 42.8 Å². The second-order valence-corrected chi connectivity index (χ2v) is 30.3. The summed E-state index contributed by atoms with van der Waals surface area (Å²) >= 11 is 0. The monoisotopic (exact) mass is 1490 g/mol. The van der Waals surface area contributed by atoms with Crippen LogP contribution in [0.3, 0.4) is 0 Å². The third kappa shape index (κ3) is 39.7. The molecule has 104 heavy (non-hydrogen) atoms. The van der Waals surface area contributed by atoms with Crippen molar-refractivity contribution < 1.29 is 104 Å². The summed E-state index contributed by atoms with van der Waals surface area (Å²) < 4.78 is 34.9. The fourth-order valence-electron chi connectivity index (χ4n) is 14.5. The number of aliphatic hydroxyl groups excluding tert-OH is 11. The van der Waals surface area contributed by atoms with Crippen molar-refractivity contribution in [2.75, 3.05) is 26.4 Å². The van der Waals surface area contributed by atoms with Crippen molar-refractivity contribution in [2.24, 2.45) is 0 Å². The maximum absolute atomic E-state index is 13.5. The van der Waals surface area contributed by atoms with Crippen LogP contribution in [0.5, 0.6) is 0 Å². The summed E-state index contributed by atoms with van der Waals surface area (Å²) in [6, 6.07) is -2.62. The third-order valence-electron chi connectivity index (χ3n) is 21.1. The minimum absolute atomic E-state index is 0.203. The van der Waals surface area contributed by atoms with Gasteiger partial charge in [0.1, 0.15) is 67.1 Å². The molecule has 0 saturated carbocycles. The number of aliphatic hydroxyl groups is 11. The van der Waals surface area contributed by atoms with Gasteiger partial charge in [-0.2, -0.15) is 0 Å². The predicted molar refractivity (Wildman–Crippen MR) is 403 cm³/mol. The van der Waals surface area contributed by atoms with Crippen LogP contribution in [0.25, 0.3) is 0 Å². The van der Waals surface area contributed by atoms with Gasteiger partial charge < -0.3 is 100 Å². The molecule has 18 unspecified atom stereocenters. The van der Waals surface area contributed by atoms with E-state index in [1.807, 2.05) is 6.08 Å². The van der Waals surface area contributed by atoms with Crippen LogP contribution in [0, 0.1) is 0 Å². The fourth-order valence-corrected chi connectivity index (χ4v) is 14.5. The molecule has 23 heteroatoms. The SMILES string of the molecule is CCCCCCCCCCCCCC/C=C\CCCCCCCCCCCCCCCCCC(=O)NC(COC1OC(CO)C(OC2OC(CO)C(O)C(OC3(C(=O)O)CC(O)C(NC(C)=O)C(C(O)C(O)CO)O3)C2O)C(O)C1O)C(O)/C=C/CCCCCCCCCCCCCCCCCCC. The molecule has 0 spiro atoms. The molecule has 610 valence electrons. The Morgan fingerprint density at radius 3 is 1.31 bits per heavy atom. The normalized spacial score (nSPS) is 26.5. The maximum Gasteiger partial charge on any atom is 0.364 e. The van der Waals surface area contributed by atoms with Crippen molar-refractivity contribution in [3.8, 4) is 0 Å². The van der Waals surface area contributed by atoms with Crippen LogP contribution < -0.4 is 10.6 Å². The molecule has 23 nitrogen and oxygen atoms in total. The molecule has 2 amide bonds. The van der Waals surface area contributed by atoms with Crippen LogP contribution in [0.4, 0.5) is 0 Å². The van der Waals surface area contributed by atoms with Crippen LogP contribution >= 0.6 is 0 Å². The smallest absolute Gasteiger partial charge is 0.364 e. The van der Waals surface area contributed by atoms with Crippen molar-refractivity contribution in [3.05, 3.63) is 24.3 Å². The standard InChI is InChI=1S/C81H150N2O21/c1-4-6-8-10-12-14-16-18-20-22-24-25-26-27-28-29-30-31-32-33-34-35-37-39-41-43-45-47-49-51-53-55-68(91)83-62(63(88)54-52-50-48-46-44-42-40-38-36-23-21-19-17-15-13-11-9-7-5-2)60-99-78-73(95)72(94)75(67(59-86)101-78)102-79-74(96)77(71(93)66(58-85)100-79)104-81(80(97)98)56-64(89)69(82-61(3)87)76(103-81)70(92)65(90)57-84/h27-28,52,54,62-67,69-79,84-86,88-90,92-96H,4-26,29-51,53,55-60H2,1-3H3,(H,82,87)(H,83,91)(H,97,98)/b28-27-,54-52+. The largest absolute Gasteiger partial charge is 0.477 e. The highest BCUT2D eigenvalue weighted by atomic mass is 16.8. The summed E-state index contributed by atoms with van der Waals surface area (Å²) in [7, 11) is 0. The highest BCUT2D eigenvalue weighted by Gasteiger charge is 2.60. The van der Waals surface area contributed by atoms with E-state index < -0.39 is 155 Å². The minimum Gasteiger partial charge on any atom is -0.477 e. The van der Waals surface area contributed by atoms with E-state index in [2.05, 4.69) is 36.6 Å². The lowest BCUT2D eigenvalue weighted by Gasteiger charge is -2.50. The van der Waals surface area contributed by atoms with E-state index in [0.717, 1.165) is 51.9 Å². The number of rotatable bonds is 66. The first-order valence-corrected chi connectivity index (χ1v) is 41.7. The van der Waals surface area contributed by atoms with Gasteiger partial charge in [0.15, 0.2) is 12.6 Å². The Bertz CT molecular complexity index is 2170. The molecule has 3 aliphatic heterocycles. The first-order valence-electron chi connectivity index (χ1n) is 41.7. The number of amides is 2. The van der Waals surface area contributed by atoms with Crippen LogP contribution in [0.1, 0.15) is 335 Å². The van der Waals surface area contributed by atoms with E-state index >= 15 is 0 Å². The molecular weight excluding hydrogens is 1340 g/mol. The Morgan fingerprint density at radius 2 is 0.904 bits per heavy atom. The van der Waals surface area contributed by atoms with Gasteiger partial charge in [0.05, 0.1) is 50.7 Å². The van der Waals surface area contributed by atoms with Crippen molar-refractivity contribution in [1.82, 2.24) is 10.6 Å². The second kappa shape index (κ2) is 60.0. The number of unbranched alkanes of at least 4 members (excludes halogenated alkanes) is 44. The van der Waals surface area contributed by atoms with Gasteiger partial charge in [-0.05, 0) is 44.9 Å². The molecule has 0 radical (unpaired) electrons. The summed E-state index contributed by atoms with van der Waals surface area (Å²) in [5, 5.41) is 136. The summed E-state index contributed by atoms with van der Waals surface area (Å²) in [5.41, 5.74) is 0. The Kier molecular flexibility index (Phi) is 55.0. The zero-order valence-corrected chi connectivity index (χ0v) is 64.6. The Labute approximate surface area is 625 Å². The highest BCUT2D eigenvalue weighted by molar-refractivity contribution is 5.77. The minimum atomic E-state index is -3.08. The lowest BCUT2D eigenvalue weighted by atomic mass is 9.88. The zero-order chi connectivity index (χ0) is 76.0. The van der Waals surface area contributed by atoms with E-state index in [9.17, 15) is 75.7 Å². The summed E-state index contributed by atoms with van der Waals surface area (Å²) in [5.74, 6) is -6.13. The quantitative estimate of drug-likeness (QED) is 0.0199. The van der Waals surface area contributed by atoms with Crippen molar-refractivity contribution in [2.45, 2.75) is 445 Å². The Hall–Kier alpha value is -2.79. The number of allylic oxidation sites excluding steroid dienone is 3. The average molecular weight is 1490 g/mol. The molecule has 0 aliphatic carbocycles. The molecule has 3 saturated heterocycles. The van der Waals surface area contributed by atoms with Gasteiger partial charge >= 0.3 is 5.97 Å². The molecule has 18 atom stereocenters. The molecule has 3 aliphatic rings. The number of hydrogen-bond acceptors (Lipinski definition) is 20. The summed E-state index contributed by atoms with van der Waals surface area (Å²) in [6.45, 7) is 2.19. The number of nitrogens with one attached hydrogen (secondary N) is 2. The lowest BCUT2D eigenvalue weighted by Crippen LogP contribution is -2.70. The number of carboxylic acid groups (broad SMARTS) is 1. The molecule has 0 bridgehead atoms. The topological polar surface area (TPSA) is 373 Å². The van der Waals surface area contributed by atoms with Gasteiger partial charge in [-0.3, -0.25) is 9.59 Å². The summed E-state index contributed by atoms with van der Waals surface area (Å²) in [4.78, 5) is 38.7. The zero-order valence-electron chi connectivity index (χ0n) is 64.6. The molecule has 0 aromatic carbocycles. The average Bonchev–Trinajstić information content (AvgIpc) is 0.755. The molecule has 3 heterocycles. The van der Waals surface area contributed by atoms with Crippen molar-refractivity contribution in [1.29, 1.82) is 0 Å². The number of carboxylic acids is 1. The van der Waals surface area contributed by atoms with E-state index in [4.69, 9.17) is 28.4 Å². The molecule has 3 fully saturated rings. The predicted octanol–water partition coefficient (Wildman–Crippen LogP) is 11.5. The third-order valence-corrected chi connectivity index (χ3v) is 21.1. The van der Waals surface area contributed by atoms with Gasteiger partial charge in [0, 0.05) is 19.8 Å². The van der Waals surface area contributed by atoms with Gasteiger partial charge in [-0.15, -0.1) is 0 Å². The fraction of sp³-hybridized carbons (Fsp3) is 0.914.